The maximum absolute atomic E-state index is 12.1. The number of halogens is 9. The molecule has 1 nitrogen and oxygen atoms in total. The quantitative estimate of drug-likeness (QED) is 0.746. The zero-order chi connectivity index (χ0) is 12.7. The Morgan fingerprint density at radius 2 is 1.00 bits per heavy atom. The third-order valence-electron chi connectivity index (χ3n) is 1.48. The standard InChI is InChI=1S/C5H3F9O/c6-1(2(7)8)3(15,4(9,10)11)5(12,13)14/h1-2,15H. The van der Waals surface area contributed by atoms with E-state index >= 15 is 0 Å². The Hall–Kier alpha value is -0.670. The van der Waals surface area contributed by atoms with Crippen LogP contribution >= 0.6 is 0 Å². The maximum atomic E-state index is 12.1. The van der Waals surface area contributed by atoms with Crippen LogP contribution in [0.4, 0.5) is 39.5 Å². The first-order chi connectivity index (χ1) is 6.35. The summed E-state index contributed by atoms with van der Waals surface area (Å²) < 4.78 is 105. The first kappa shape index (κ1) is 14.3. The van der Waals surface area contributed by atoms with Crippen molar-refractivity contribution in [2.75, 3.05) is 0 Å². The molecule has 0 radical (unpaired) electrons. The summed E-state index contributed by atoms with van der Waals surface area (Å²) in [7, 11) is 0. The van der Waals surface area contributed by atoms with Gasteiger partial charge >= 0.3 is 12.4 Å². The summed E-state index contributed by atoms with van der Waals surface area (Å²) in [5.74, 6) is 0. The van der Waals surface area contributed by atoms with Crippen molar-refractivity contribution in [1.29, 1.82) is 0 Å². The average molecular weight is 250 g/mol. The largest absolute Gasteiger partial charge is 0.429 e. The summed E-state index contributed by atoms with van der Waals surface area (Å²) in [6.45, 7) is 0. The monoisotopic (exact) mass is 250 g/mol. The lowest BCUT2D eigenvalue weighted by atomic mass is 9.96. The molecule has 0 aliphatic heterocycles. The van der Waals surface area contributed by atoms with Crippen LogP contribution in [0.2, 0.25) is 0 Å². The van der Waals surface area contributed by atoms with Crippen LogP contribution in [0.25, 0.3) is 0 Å². The van der Waals surface area contributed by atoms with Crippen LogP contribution in [-0.2, 0) is 0 Å². The van der Waals surface area contributed by atoms with Gasteiger partial charge < -0.3 is 5.11 Å². The van der Waals surface area contributed by atoms with Gasteiger partial charge in [-0.3, -0.25) is 0 Å². The normalized spacial score (nSPS) is 17.0. The van der Waals surface area contributed by atoms with Gasteiger partial charge in [-0.2, -0.15) is 26.3 Å². The van der Waals surface area contributed by atoms with Gasteiger partial charge in [0.05, 0.1) is 0 Å². The highest BCUT2D eigenvalue weighted by atomic mass is 19.4. The fraction of sp³-hybridized carbons (Fsp3) is 1.00. The van der Waals surface area contributed by atoms with Crippen molar-refractivity contribution in [3.63, 3.8) is 0 Å². The molecule has 0 saturated carbocycles. The second kappa shape index (κ2) is 3.72. The minimum absolute atomic E-state index is 4.61. The van der Waals surface area contributed by atoms with E-state index in [2.05, 4.69) is 0 Å². The van der Waals surface area contributed by atoms with Gasteiger partial charge in [0.25, 0.3) is 12.0 Å². The van der Waals surface area contributed by atoms with Crippen molar-refractivity contribution in [1.82, 2.24) is 0 Å². The Labute approximate surface area is 76.5 Å². The molecule has 0 aliphatic rings. The van der Waals surface area contributed by atoms with E-state index in [9.17, 15) is 39.5 Å². The highest BCUT2D eigenvalue weighted by Crippen LogP contribution is 2.47. The van der Waals surface area contributed by atoms with E-state index in [1.165, 1.54) is 0 Å². The van der Waals surface area contributed by atoms with Gasteiger partial charge in [-0.1, -0.05) is 0 Å². The second-order valence-corrected chi connectivity index (χ2v) is 2.50. The summed E-state index contributed by atoms with van der Waals surface area (Å²) in [4.78, 5) is 0. The lowest BCUT2D eigenvalue weighted by Gasteiger charge is -2.34. The molecule has 0 aliphatic carbocycles. The van der Waals surface area contributed by atoms with Crippen molar-refractivity contribution < 1.29 is 44.6 Å². The van der Waals surface area contributed by atoms with Gasteiger partial charge in [0.1, 0.15) is 0 Å². The Bertz CT molecular complexity index is 202. The lowest BCUT2D eigenvalue weighted by molar-refractivity contribution is -0.392. The molecule has 1 atom stereocenters. The zero-order valence-corrected chi connectivity index (χ0v) is 6.50. The summed E-state index contributed by atoms with van der Waals surface area (Å²) in [6.07, 6.45) is -22.6. The Morgan fingerprint density at radius 1 is 0.733 bits per heavy atom. The van der Waals surface area contributed by atoms with Gasteiger partial charge in [-0.25, -0.2) is 13.2 Å². The number of aliphatic hydroxyl groups is 1. The smallest absolute Gasteiger partial charge is 0.371 e. The molecular weight excluding hydrogens is 247 g/mol. The van der Waals surface area contributed by atoms with Gasteiger partial charge in [0, 0.05) is 0 Å². The van der Waals surface area contributed by atoms with E-state index in [-0.39, 0.29) is 0 Å². The van der Waals surface area contributed by atoms with E-state index < -0.39 is 30.6 Å². The number of rotatable bonds is 2. The topological polar surface area (TPSA) is 20.2 Å². The van der Waals surface area contributed by atoms with Crippen LogP contribution in [-0.4, -0.2) is 35.7 Å². The fourth-order valence-corrected chi connectivity index (χ4v) is 0.656. The molecule has 0 fully saturated rings. The number of hydrogen-bond donors (Lipinski definition) is 1. The number of alkyl halides is 9. The van der Waals surface area contributed by atoms with Crippen LogP contribution in [0.15, 0.2) is 0 Å². The molecule has 0 spiro atoms. The minimum atomic E-state index is -6.58. The molecule has 0 amide bonds. The third kappa shape index (κ3) is 2.29. The molecule has 92 valence electrons. The van der Waals surface area contributed by atoms with E-state index in [1.54, 1.807) is 0 Å². The third-order valence-corrected chi connectivity index (χ3v) is 1.48. The van der Waals surface area contributed by atoms with Crippen LogP contribution in [0, 0.1) is 0 Å². The zero-order valence-electron chi connectivity index (χ0n) is 6.50. The molecule has 0 aromatic carbocycles. The van der Waals surface area contributed by atoms with E-state index in [0.29, 0.717) is 0 Å². The van der Waals surface area contributed by atoms with Crippen LogP contribution in [0.5, 0.6) is 0 Å². The summed E-state index contributed by atoms with van der Waals surface area (Å²) in [5, 5.41) is 8.02. The van der Waals surface area contributed by atoms with E-state index in [0.717, 1.165) is 0 Å². The highest BCUT2D eigenvalue weighted by Gasteiger charge is 2.76. The van der Waals surface area contributed by atoms with Gasteiger partial charge in [-0.15, -0.1) is 0 Å². The van der Waals surface area contributed by atoms with Crippen LogP contribution in [0.3, 0.4) is 0 Å². The lowest BCUT2D eigenvalue weighted by Crippen LogP contribution is -2.64. The van der Waals surface area contributed by atoms with Gasteiger partial charge in [0.2, 0.25) is 6.17 Å². The van der Waals surface area contributed by atoms with Crippen molar-refractivity contribution >= 4 is 0 Å². The second-order valence-electron chi connectivity index (χ2n) is 2.50. The first-order valence-electron chi connectivity index (χ1n) is 3.13. The van der Waals surface area contributed by atoms with Gasteiger partial charge in [0.15, 0.2) is 0 Å². The first-order valence-corrected chi connectivity index (χ1v) is 3.13. The Kier molecular flexibility index (Phi) is 3.56. The minimum Gasteiger partial charge on any atom is -0.371 e. The van der Waals surface area contributed by atoms with E-state index in [4.69, 9.17) is 5.11 Å². The summed E-state index contributed by atoms with van der Waals surface area (Å²) >= 11 is 0. The SMILES string of the molecule is OC(C(F)C(F)F)(C(F)(F)F)C(F)(F)F. The molecule has 15 heavy (non-hydrogen) atoms. The van der Waals surface area contributed by atoms with E-state index in [1.807, 2.05) is 0 Å². The van der Waals surface area contributed by atoms with Crippen molar-refractivity contribution in [2.24, 2.45) is 0 Å². The van der Waals surface area contributed by atoms with Gasteiger partial charge in [-0.05, 0) is 0 Å². The molecule has 0 heterocycles. The average Bonchev–Trinajstić information content (AvgIpc) is 1.96. The predicted molar refractivity (Wildman–Crippen MR) is 28.0 cm³/mol. The molecule has 0 aromatic rings. The van der Waals surface area contributed by atoms with Crippen molar-refractivity contribution in [3.8, 4) is 0 Å². The van der Waals surface area contributed by atoms with Crippen LogP contribution in [0.1, 0.15) is 0 Å². The molecule has 1 unspecified atom stereocenters. The van der Waals surface area contributed by atoms with Crippen LogP contribution < -0.4 is 0 Å². The molecule has 0 aromatic heterocycles. The molecule has 0 saturated heterocycles. The number of hydrogen-bond acceptors (Lipinski definition) is 1. The highest BCUT2D eigenvalue weighted by molar-refractivity contribution is 5.01. The molecule has 1 N–H and O–H groups in total. The molecule has 10 heteroatoms. The summed E-state index contributed by atoms with van der Waals surface area (Å²) in [5.41, 5.74) is -6.06. The maximum Gasteiger partial charge on any atom is 0.429 e. The Morgan fingerprint density at radius 3 is 1.07 bits per heavy atom. The predicted octanol–water partition coefficient (Wildman–Crippen LogP) is 2.45. The fourth-order valence-electron chi connectivity index (χ4n) is 0.656. The molecule has 0 bridgehead atoms. The molecule has 0 rings (SSSR count). The van der Waals surface area contributed by atoms with Crippen molar-refractivity contribution in [2.45, 2.75) is 30.6 Å². The van der Waals surface area contributed by atoms with Crippen molar-refractivity contribution in [3.05, 3.63) is 0 Å². The summed E-state index contributed by atoms with van der Waals surface area (Å²) in [6, 6.07) is 0. The molecular formula is C5H3F9O. The Balaban J connectivity index is 5.43.